The van der Waals surface area contributed by atoms with Crippen LogP contribution in [0.5, 0.6) is 0 Å². The van der Waals surface area contributed by atoms with Crippen LogP contribution in [-0.2, 0) is 0 Å². The van der Waals surface area contributed by atoms with Crippen LogP contribution in [0.25, 0.3) is 6.08 Å². The second kappa shape index (κ2) is 3.93. The summed E-state index contributed by atoms with van der Waals surface area (Å²) >= 11 is 0. The molecule has 0 radical (unpaired) electrons. The molecule has 1 aliphatic carbocycles. The van der Waals surface area contributed by atoms with Gasteiger partial charge in [0, 0.05) is 6.54 Å². The van der Waals surface area contributed by atoms with Crippen LogP contribution in [0.4, 0.5) is 4.39 Å². The monoisotopic (exact) mass is 191 g/mol. The predicted octanol–water partition coefficient (Wildman–Crippen LogP) is 2.58. The lowest BCUT2D eigenvalue weighted by atomic mass is 10.1. The minimum absolute atomic E-state index is 0.189. The summed E-state index contributed by atoms with van der Waals surface area (Å²) in [6.45, 7) is 0.585. The standard InChI is InChI=1S/C12H14FN/c13-12-3-1-2-9(7-12)6-11(8-14)10-4-5-10/h1-3,6-7,10H,4-5,8,14H2/b11-6+. The first-order valence-corrected chi connectivity index (χ1v) is 4.95. The average molecular weight is 191 g/mol. The molecular weight excluding hydrogens is 177 g/mol. The Morgan fingerprint density at radius 3 is 2.86 bits per heavy atom. The summed E-state index contributed by atoms with van der Waals surface area (Å²) in [6.07, 6.45) is 4.48. The van der Waals surface area contributed by atoms with E-state index < -0.39 is 0 Å². The minimum atomic E-state index is -0.189. The summed E-state index contributed by atoms with van der Waals surface area (Å²) in [7, 11) is 0. The predicted molar refractivity (Wildman–Crippen MR) is 56.2 cm³/mol. The molecule has 1 saturated carbocycles. The Labute approximate surface area is 83.4 Å². The van der Waals surface area contributed by atoms with Crippen LogP contribution in [0.1, 0.15) is 18.4 Å². The van der Waals surface area contributed by atoms with Gasteiger partial charge in [0.2, 0.25) is 0 Å². The van der Waals surface area contributed by atoms with Gasteiger partial charge in [0.1, 0.15) is 5.82 Å². The smallest absolute Gasteiger partial charge is 0.123 e. The molecule has 0 aromatic heterocycles. The molecule has 0 spiro atoms. The fourth-order valence-electron chi connectivity index (χ4n) is 1.61. The summed E-state index contributed by atoms with van der Waals surface area (Å²) < 4.78 is 12.9. The van der Waals surface area contributed by atoms with Crippen LogP contribution < -0.4 is 5.73 Å². The Bertz CT molecular complexity index is 353. The summed E-state index contributed by atoms with van der Waals surface area (Å²) in [6, 6.07) is 6.62. The van der Waals surface area contributed by atoms with E-state index in [1.807, 2.05) is 12.1 Å². The molecule has 2 rings (SSSR count). The van der Waals surface area contributed by atoms with E-state index >= 15 is 0 Å². The van der Waals surface area contributed by atoms with Gasteiger partial charge < -0.3 is 5.73 Å². The van der Waals surface area contributed by atoms with E-state index in [4.69, 9.17) is 5.73 Å². The SMILES string of the molecule is NC/C(=C\c1cccc(F)c1)C1CC1. The molecule has 0 heterocycles. The Hall–Kier alpha value is -1.15. The van der Waals surface area contributed by atoms with E-state index in [1.165, 1.54) is 30.5 Å². The van der Waals surface area contributed by atoms with Crippen molar-refractivity contribution in [3.63, 3.8) is 0 Å². The zero-order chi connectivity index (χ0) is 9.97. The number of benzene rings is 1. The van der Waals surface area contributed by atoms with Crippen LogP contribution in [-0.4, -0.2) is 6.54 Å². The second-order valence-electron chi connectivity index (χ2n) is 3.75. The third kappa shape index (κ3) is 2.20. The van der Waals surface area contributed by atoms with Gasteiger partial charge >= 0.3 is 0 Å². The van der Waals surface area contributed by atoms with Gasteiger partial charge in [-0.1, -0.05) is 23.8 Å². The molecule has 1 aromatic rings. The normalized spacial score (nSPS) is 17.1. The number of nitrogens with two attached hydrogens (primary N) is 1. The van der Waals surface area contributed by atoms with Crippen molar-refractivity contribution < 1.29 is 4.39 Å². The molecule has 1 aromatic carbocycles. The van der Waals surface area contributed by atoms with Crippen molar-refractivity contribution >= 4 is 6.08 Å². The van der Waals surface area contributed by atoms with Crippen LogP contribution in [0, 0.1) is 11.7 Å². The first kappa shape index (κ1) is 9.41. The van der Waals surface area contributed by atoms with Gasteiger partial charge in [-0.2, -0.15) is 0 Å². The van der Waals surface area contributed by atoms with Crippen molar-refractivity contribution in [2.24, 2.45) is 11.7 Å². The molecule has 0 unspecified atom stereocenters. The molecule has 2 heteroatoms. The zero-order valence-electron chi connectivity index (χ0n) is 8.04. The lowest BCUT2D eigenvalue weighted by Crippen LogP contribution is -2.04. The van der Waals surface area contributed by atoms with Gasteiger partial charge in [-0.05, 0) is 36.5 Å². The van der Waals surface area contributed by atoms with Crippen LogP contribution >= 0.6 is 0 Å². The lowest BCUT2D eigenvalue weighted by molar-refractivity contribution is 0.627. The molecule has 0 atom stereocenters. The third-order valence-corrected chi connectivity index (χ3v) is 2.54. The largest absolute Gasteiger partial charge is 0.327 e. The maximum Gasteiger partial charge on any atom is 0.123 e. The average Bonchev–Trinajstić information content (AvgIpc) is 2.97. The first-order valence-electron chi connectivity index (χ1n) is 4.95. The topological polar surface area (TPSA) is 26.0 Å². The fraction of sp³-hybridized carbons (Fsp3) is 0.333. The van der Waals surface area contributed by atoms with E-state index in [2.05, 4.69) is 0 Å². The quantitative estimate of drug-likeness (QED) is 0.780. The van der Waals surface area contributed by atoms with Crippen molar-refractivity contribution in [1.82, 2.24) is 0 Å². The van der Waals surface area contributed by atoms with Gasteiger partial charge in [0.05, 0.1) is 0 Å². The van der Waals surface area contributed by atoms with E-state index in [-0.39, 0.29) is 5.82 Å². The highest BCUT2D eigenvalue weighted by Gasteiger charge is 2.24. The highest BCUT2D eigenvalue weighted by molar-refractivity contribution is 5.54. The highest BCUT2D eigenvalue weighted by atomic mass is 19.1. The Balaban J connectivity index is 2.21. The van der Waals surface area contributed by atoms with Crippen molar-refractivity contribution in [3.05, 3.63) is 41.2 Å². The third-order valence-electron chi connectivity index (χ3n) is 2.54. The van der Waals surface area contributed by atoms with Gasteiger partial charge in [-0.25, -0.2) is 4.39 Å². The molecule has 14 heavy (non-hydrogen) atoms. The maximum absolute atomic E-state index is 12.9. The van der Waals surface area contributed by atoms with Crippen LogP contribution in [0.2, 0.25) is 0 Å². The summed E-state index contributed by atoms with van der Waals surface area (Å²) in [4.78, 5) is 0. The van der Waals surface area contributed by atoms with Gasteiger partial charge in [0.25, 0.3) is 0 Å². The molecular formula is C12H14FN. The summed E-state index contributed by atoms with van der Waals surface area (Å²) in [5.74, 6) is 0.467. The Morgan fingerprint density at radius 1 is 1.50 bits per heavy atom. The number of halogens is 1. The van der Waals surface area contributed by atoms with Gasteiger partial charge in [-0.3, -0.25) is 0 Å². The van der Waals surface area contributed by atoms with E-state index in [0.717, 1.165) is 5.56 Å². The van der Waals surface area contributed by atoms with Crippen molar-refractivity contribution in [2.75, 3.05) is 6.54 Å². The second-order valence-corrected chi connectivity index (χ2v) is 3.75. The molecule has 1 nitrogen and oxygen atoms in total. The molecule has 2 N–H and O–H groups in total. The summed E-state index contributed by atoms with van der Waals surface area (Å²) in [5.41, 5.74) is 7.80. The van der Waals surface area contributed by atoms with Crippen molar-refractivity contribution in [2.45, 2.75) is 12.8 Å². The van der Waals surface area contributed by atoms with Crippen molar-refractivity contribution in [1.29, 1.82) is 0 Å². The lowest BCUT2D eigenvalue weighted by Gasteiger charge is -2.01. The van der Waals surface area contributed by atoms with Crippen molar-refractivity contribution in [3.8, 4) is 0 Å². The fourth-order valence-corrected chi connectivity index (χ4v) is 1.61. The number of hydrogen-bond donors (Lipinski definition) is 1. The molecule has 74 valence electrons. The minimum Gasteiger partial charge on any atom is -0.327 e. The van der Waals surface area contributed by atoms with Crippen LogP contribution in [0.3, 0.4) is 0 Å². The van der Waals surface area contributed by atoms with E-state index in [9.17, 15) is 4.39 Å². The Morgan fingerprint density at radius 2 is 2.29 bits per heavy atom. The molecule has 1 fully saturated rings. The summed E-state index contributed by atoms with van der Waals surface area (Å²) in [5, 5.41) is 0. The maximum atomic E-state index is 12.9. The van der Waals surface area contributed by atoms with E-state index in [1.54, 1.807) is 6.07 Å². The molecule has 0 amide bonds. The van der Waals surface area contributed by atoms with Crippen LogP contribution in [0.15, 0.2) is 29.8 Å². The zero-order valence-corrected chi connectivity index (χ0v) is 8.04. The molecule has 1 aliphatic rings. The van der Waals surface area contributed by atoms with E-state index in [0.29, 0.717) is 12.5 Å². The molecule has 0 aliphatic heterocycles. The first-order chi connectivity index (χ1) is 6.79. The molecule has 0 saturated heterocycles. The van der Waals surface area contributed by atoms with Gasteiger partial charge in [-0.15, -0.1) is 0 Å². The number of hydrogen-bond acceptors (Lipinski definition) is 1. The highest BCUT2D eigenvalue weighted by Crippen LogP contribution is 2.36. The molecule has 0 bridgehead atoms. The number of rotatable bonds is 3. The Kier molecular flexibility index (Phi) is 2.64. The van der Waals surface area contributed by atoms with Gasteiger partial charge in [0.15, 0.2) is 0 Å².